The van der Waals surface area contributed by atoms with Gasteiger partial charge in [-0.3, -0.25) is 4.79 Å². The number of carboxylic acid groups (broad SMARTS) is 1. The minimum atomic E-state index is -1.01. The molecule has 0 aliphatic carbocycles. The van der Waals surface area contributed by atoms with Crippen molar-refractivity contribution in [3.63, 3.8) is 0 Å². The fraction of sp³-hybridized carbons (Fsp3) is 0.842. The van der Waals surface area contributed by atoms with Crippen molar-refractivity contribution in [2.24, 2.45) is 5.92 Å². The molecule has 4 heteroatoms. The van der Waals surface area contributed by atoms with Gasteiger partial charge in [-0.05, 0) is 70.6 Å². The van der Waals surface area contributed by atoms with Crippen LogP contribution >= 0.6 is 0 Å². The molecule has 0 spiro atoms. The van der Waals surface area contributed by atoms with Gasteiger partial charge in [0.15, 0.2) is 0 Å². The summed E-state index contributed by atoms with van der Waals surface area (Å²) in [5.74, 6) is -1.73. The minimum Gasteiger partial charge on any atom is -0.550 e. The van der Waals surface area contributed by atoms with Crippen molar-refractivity contribution in [3.8, 4) is 0 Å². The van der Waals surface area contributed by atoms with Crippen molar-refractivity contribution in [2.45, 2.75) is 194 Å². The summed E-state index contributed by atoms with van der Waals surface area (Å²) in [6.07, 6.45) is 41.3. The van der Waals surface area contributed by atoms with E-state index in [1.54, 1.807) is 0 Å². The van der Waals surface area contributed by atoms with Crippen LogP contribution in [0, 0.1) is 5.92 Å². The average molecular weight is 590 g/mol. The lowest BCUT2D eigenvalue weighted by atomic mass is 9.97. The summed E-state index contributed by atoms with van der Waals surface area (Å²) >= 11 is 0. The van der Waals surface area contributed by atoms with Crippen LogP contribution in [0.3, 0.4) is 0 Å². The Labute approximate surface area is 261 Å². The molecule has 1 unspecified atom stereocenters. The third-order valence-corrected chi connectivity index (χ3v) is 8.27. The smallest absolute Gasteiger partial charge is 0.305 e. The van der Waals surface area contributed by atoms with E-state index in [1.165, 1.54) is 103 Å². The summed E-state index contributed by atoms with van der Waals surface area (Å²) in [6.45, 7) is 4.70. The Morgan fingerprint density at radius 1 is 0.524 bits per heavy atom. The molecule has 0 aromatic carbocycles. The molecule has 0 aromatic rings. The fourth-order valence-electron chi connectivity index (χ4n) is 5.39. The van der Waals surface area contributed by atoms with E-state index in [4.69, 9.17) is 4.74 Å². The molecule has 0 heterocycles. The second-order valence-corrected chi connectivity index (χ2v) is 12.4. The van der Waals surface area contributed by atoms with Crippen LogP contribution in [0.15, 0.2) is 24.3 Å². The summed E-state index contributed by atoms with van der Waals surface area (Å²) < 4.78 is 5.32. The summed E-state index contributed by atoms with van der Waals surface area (Å²) in [6, 6.07) is 0. The Kier molecular flexibility index (Phi) is 32.6. The lowest BCUT2D eigenvalue weighted by molar-refractivity contribution is -0.312. The van der Waals surface area contributed by atoms with Gasteiger partial charge in [-0.1, -0.05) is 141 Å². The van der Waals surface area contributed by atoms with Crippen LogP contribution in [0.25, 0.3) is 0 Å². The van der Waals surface area contributed by atoms with Crippen molar-refractivity contribution in [1.82, 2.24) is 0 Å². The lowest BCUT2D eigenvalue weighted by Gasteiger charge is -2.17. The number of hydrogen-bond donors (Lipinski definition) is 0. The number of esters is 1. The standard InChI is InChI=1S/C38H70O4/c1-3-5-7-9-11-13-15-17-19-21-23-25-27-29-31-33-37(39)42-35-34-36(38(40)41)32-30-28-26-24-22-20-18-16-14-12-10-8-6-4-2/h17-20,36H,3-16,21-35H2,1-2H3,(H,40,41)/p-1/b19-17-,20-18-. The zero-order valence-corrected chi connectivity index (χ0v) is 28.0. The van der Waals surface area contributed by atoms with Crippen LogP contribution in [-0.4, -0.2) is 18.5 Å². The molecule has 246 valence electrons. The third kappa shape index (κ3) is 31.4. The van der Waals surface area contributed by atoms with E-state index in [0.717, 1.165) is 57.8 Å². The molecule has 0 radical (unpaired) electrons. The molecule has 0 aliphatic rings. The molecule has 0 saturated heterocycles. The number of allylic oxidation sites excluding steroid dienone is 4. The molecule has 0 N–H and O–H groups in total. The van der Waals surface area contributed by atoms with Gasteiger partial charge in [0, 0.05) is 18.3 Å². The van der Waals surface area contributed by atoms with Gasteiger partial charge in [0.05, 0.1) is 6.61 Å². The highest BCUT2D eigenvalue weighted by molar-refractivity contribution is 5.69. The van der Waals surface area contributed by atoms with E-state index in [9.17, 15) is 14.7 Å². The molecule has 0 saturated carbocycles. The third-order valence-electron chi connectivity index (χ3n) is 8.27. The van der Waals surface area contributed by atoms with Gasteiger partial charge < -0.3 is 14.6 Å². The maximum atomic E-state index is 12.0. The first kappa shape index (κ1) is 40.4. The number of ether oxygens (including phenoxy) is 1. The lowest BCUT2D eigenvalue weighted by Crippen LogP contribution is -2.32. The second kappa shape index (κ2) is 33.9. The highest BCUT2D eigenvalue weighted by Gasteiger charge is 2.11. The molecule has 0 aliphatic heterocycles. The second-order valence-electron chi connectivity index (χ2n) is 12.4. The number of unbranched alkanes of at least 4 members (excludes halogenated alkanes) is 21. The minimum absolute atomic E-state index is 0.186. The van der Waals surface area contributed by atoms with Gasteiger partial charge in [-0.2, -0.15) is 0 Å². The average Bonchev–Trinajstić information content (AvgIpc) is 2.98. The first-order valence-electron chi connectivity index (χ1n) is 18.3. The summed E-state index contributed by atoms with van der Waals surface area (Å²) in [5, 5.41) is 11.5. The summed E-state index contributed by atoms with van der Waals surface area (Å²) in [7, 11) is 0. The van der Waals surface area contributed by atoms with E-state index in [0.29, 0.717) is 19.3 Å². The maximum absolute atomic E-state index is 12.0. The Bertz CT molecular complexity index is 639. The Hall–Kier alpha value is -1.58. The highest BCUT2D eigenvalue weighted by Crippen LogP contribution is 2.16. The van der Waals surface area contributed by atoms with Gasteiger partial charge >= 0.3 is 5.97 Å². The van der Waals surface area contributed by atoms with E-state index >= 15 is 0 Å². The zero-order valence-electron chi connectivity index (χ0n) is 28.0. The number of carboxylic acids is 1. The predicted molar refractivity (Wildman–Crippen MR) is 178 cm³/mol. The molecular formula is C38H69O4-. The summed E-state index contributed by atoms with van der Waals surface area (Å²) in [4.78, 5) is 23.5. The van der Waals surface area contributed by atoms with E-state index in [2.05, 4.69) is 38.2 Å². The van der Waals surface area contributed by atoms with Crippen molar-refractivity contribution in [3.05, 3.63) is 24.3 Å². The molecular weight excluding hydrogens is 520 g/mol. The SMILES string of the molecule is CCCCCCCC/C=C\CCCCCCCC(=O)OCCC(CCCCCC/C=C\CCCCCCCC)C(=O)[O-]. The Morgan fingerprint density at radius 3 is 1.33 bits per heavy atom. The van der Waals surface area contributed by atoms with Gasteiger partial charge in [0.1, 0.15) is 0 Å². The number of aliphatic carboxylic acids is 1. The molecule has 0 fully saturated rings. The first-order valence-corrected chi connectivity index (χ1v) is 18.3. The zero-order chi connectivity index (χ0) is 30.8. The fourth-order valence-corrected chi connectivity index (χ4v) is 5.39. The summed E-state index contributed by atoms with van der Waals surface area (Å²) in [5.41, 5.74) is 0. The molecule has 0 aromatic heterocycles. The molecule has 42 heavy (non-hydrogen) atoms. The van der Waals surface area contributed by atoms with E-state index < -0.39 is 11.9 Å². The number of hydrogen-bond acceptors (Lipinski definition) is 4. The Balaban J connectivity index is 3.58. The van der Waals surface area contributed by atoms with Crippen molar-refractivity contribution < 1.29 is 19.4 Å². The van der Waals surface area contributed by atoms with E-state index in [1.807, 2.05) is 0 Å². The molecule has 0 rings (SSSR count). The predicted octanol–water partition coefficient (Wildman–Crippen LogP) is 11.0. The van der Waals surface area contributed by atoms with Crippen molar-refractivity contribution >= 4 is 11.9 Å². The Morgan fingerprint density at radius 2 is 0.905 bits per heavy atom. The quantitative estimate of drug-likeness (QED) is 0.0434. The molecule has 1 atom stereocenters. The molecule has 0 amide bonds. The van der Waals surface area contributed by atoms with Crippen LogP contribution in [0.5, 0.6) is 0 Å². The molecule has 0 bridgehead atoms. The molecule has 4 nitrogen and oxygen atoms in total. The number of carbonyl (C=O) groups is 2. The van der Waals surface area contributed by atoms with Crippen LogP contribution < -0.4 is 5.11 Å². The van der Waals surface area contributed by atoms with Crippen molar-refractivity contribution in [2.75, 3.05) is 6.61 Å². The van der Waals surface area contributed by atoms with Crippen LogP contribution in [0.4, 0.5) is 0 Å². The topological polar surface area (TPSA) is 66.4 Å². The maximum Gasteiger partial charge on any atom is 0.305 e. The van der Waals surface area contributed by atoms with Gasteiger partial charge in [-0.25, -0.2) is 0 Å². The first-order chi connectivity index (χ1) is 20.6. The largest absolute Gasteiger partial charge is 0.550 e. The van der Waals surface area contributed by atoms with Crippen molar-refractivity contribution in [1.29, 1.82) is 0 Å². The van der Waals surface area contributed by atoms with Crippen LogP contribution in [0.1, 0.15) is 194 Å². The number of rotatable bonds is 33. The highest BCUT2D eigenvalue weighted by atomic mass is 16.5. The number of carbonyl (C=O) groups excluding carboxylic acids is 2. The normalized spacial score (nSPS) is 12.4. The van der Waals surface area contributed by atoms with E-state index in [-0.39, 0.29) is 12.6 Å². The monoisotopic (exact) mass is 590 g/mol. The van der Waals surface area contributed by atoms with Gasteiger partial charge in [0.25, 0.3) is 0 Å². The van der Waals surface area contributed by atoms with Gasteiger partial charge in [-0.15, -0.1) is 0 Å². The van der Waals surface area contributed by atoms with Crippen LogP contribution in [-0.2, 0) is 14.3 Å². The van der Waals surface area contributed by atoms with Crippen LogP contribution in [0.2, 0.25) is 0 Å². The van der Waals surface area contributed by atoms with Gasteiger partial charge in [0.2, 0.25) is 0 Å².